The van der Waals surface area contributed by atoms with Crippen molar-refractivity contribution < 1.29 is 9.90 Å². The molecule has 3 saturated heterocycles. The van der Waals surface area contributed by atoms with Crippen LogP contribution in [0.2, 0.25) is 0 Å². The fourth-order valence-electron chi connectivity index (χ4n) is 3.66. The van der Waals surface area contributed by atoms with Crippen molar-refractivity contribution in [2.24, 2.45) is 5.92 Å². The number of hydrogen-bond donors (Lipinski definition) is 2. The van der Waals surface area contributed by atoms with E-state index < -0.39 is 5.60 Å². The fraction of sp³-hybridized carbons (Fsp3) is 0.688. The van der Waals surface area contributed by atoms with Gasteiger partial charge in [0.2, 0.25) is 0 Å². The predicted molar refractivity (Wildman–Crippen MR) is 88.2 cm³/mol. The molecule has 1 atom stereocenters. The number of thiophene rings is 1. The second kappa shape index (κ2) is 6.28. The molecule has 0 spiro atoms. The van der Waals surface area contributed by atoms with E-state index in [1.165, 1.54) is 11.3 Å². The summed E-state index contributed by atoms with van der Waals surface area (Å²) >= 11 is 1.47. The predicted octanol–water partition coefficient (Wildman–Crippen LogP) is 0.996. The molecule has 2 bridgehead atoms. The number of piperidine rings is 3. The van der Waals surface area contributed by atoms with Crippen molar-refractivity contribution in [3.05, 3.63) is 21.9 Å². The molecule has 1 unspecified atom stereocenters. The van der Waals surface area contributed by atoms with Gasteiger partial charge in [0.05, 0.1) is 10.5 Å². The van der Waals surface area contributed by atoms with Crippen molar-refractivity contribution in [3.63, 3.8) is 0 Å². The number of fused-ring (bicyclic) bond motifs is 3. The average Bonchev–Trinajstić information content (AvgIpc) is 2.93. The lowest BCUT2D eigenvalue weighted by Crippen LogP contribution is -2.63. The smallest absolute Gasteiger partial charge is 0.261 e. The number of rotatable bonds is 5. The SMILES string of the molecule is CN(C)Cc1ccsc1C(=O)NCC1(O)CN2CCC1CC2. The van der Waals surface area contributed by atoms with Crippen LogP contribution in [0.5, 0.6) is 0 Å². The van der Waals surface area contributed by atoms with E-state index in [1.54, 1.807) is 0 Å². The summed E-state index contributed by atoms with van der Waals surface area (Å²) in [5.74, 6) is 0.263. The van der Waals surface area contributed by atoms with Gasteiger partial charge in [-0.2, -0.15) is 0 Å². The van der Waals surface area contributed by atoms with Crippen LogP contribution in [0.25, 0.3) is 0 Å². The van der Waals surface area contributed by atoms with Gasteiger partial charge in [-0.05, 0) is 63.0 Å². The van der Waals surface area contributed by atoms with E-state index in [0.717, 1.165) is 42.9 Å². The largest absolute Gasteiger partial charge is 0.386 e. The summed E-state index contributed by atoms with van der Waals surface area (Å²) in [4.78, 5) is 17.6. The van der Waals surface area contributed by atoms with Gasteiger partial charge in [0, 0.05) is 19.6 Å². The third kappa shape index (κ3) is 3.20. The minimum Gasteiger partial charge on any atom is -0.386 e. The number of hydrogen-bond acceptors (Lipinski definition) is 5. The fourth-order valence-corrected chi connectivity index (χ4v) is 4.49. The minimum atomic E-state index is -0.759. The molecule has 0 radical (unpaired) electrons. The number of carbonyl (C=O) groups excluding carboxylic acids is 1. The Bertz CT molecular complexity index is 537. The van der Waals surface area contributed by atoms with Gasteiger partial charge < -0.3 is 20.2 Å². The zero-order valence-corrected chi connectivity index (χ0v) is 14.2. The highest BCUT2D eigenvalue weighted by atomic mass is 32.1. The first-order chi connectivity index (χ1) is 10.5. The minimum absolute atomic E-state index is 0.0586. The van der Waals surface area contributed by atoms with Gasteiger partial charge in [-0.1, -0.05) is 0 Å². The van der Waals surface area contributed by atoms with Gasteiger partial charge in [0.25, 0.3) is 5.91 Å². The molecule has 3 aliphatic heterocycles. The van der Waals surface area contributed by atoms with Gasteiger partial charge in [0.15, 0.2) is 0 Å². The molecule has 2 N–H and O–H groups in total. The summed E-state index contributed by atoms with van der Waals surface area (Å²) in [5.41, 5.74) is 0.291. The molecule has 6 heteroatoms. The lowest BCUT2D eigenvalue weighted by molar-refractivity contribution is -0.108. The normalized spacial score (nSPS) is 30.7. The Kier molecular flexibility index (Phi) is 4.54. The van der Waals surface area contributed by atoms with Crippen molar-refractivity contribution in [1.29, 1.82) is 0 Å². The van der Waals surface area contributed by atoms with Crippen LogP contribution in [0.4, 0.5) is 0 Å². The quantitative estimate of drug-likeness (QED) is 0.849. The van der Waals surface area contributed by atoms with Crippen LogP contribution in [0.1, 0.15) is 28.1 Å². The summed E-state index contributed by atoms with van der Waals surface area (Å²) in [7, 11) is 3.99. The van der Waals surface area contributed by atoms with Crippen LogP contribution < -0.4 is 5.32 Å². The molecule has 1 aromatic rings. The number of aliphatic hydroxyl groups is 1. The summed E-state index contributed by atoms with van der Waals surface area (Å²) in [6.07, 6.45) is 2.08. The molecule has 0 aliphatic carbocycles. The molecular formula is C16H25N3O2S. The van der Waals surface area contributed by atoms with E-state index in [4.69, 9.17) is 0 Å². The van der Waals surface area contributed by atoms with Crippen molar-refractivity contribution in [2.45, 2.75) is 25.0 Å². The number of amides is 1. The molecule has 0 aromatic carbocycles. The molecule has 4 heterocycles. The first-order valence-corrected chi connectivity index (χ1v) is 8.80. The van der Waals surface area contributed by atoms with Crippen LogP contribution in [0.3, 0.4) is 0 Å². The number of nitrogens with one attached hydrogen (secondary N) is 1. The molecule has 122 valence electrons. The molecule has 5 nitrogen and oxygen atoms in total. The van der Waals surface area contributed by atoms with E-state index in [-0.39, 0.29) is 5.91 Å². The van der Waals surface area contributed by atoms with E-state index in [9.17, 15) is 9.90 Å². The van der Waals surface area contributed by atoms with Crippen LogP contribution in [0.15, 0.2) is 11.4 Å². The van der Waals surface area contributed by atoms with Gasteiger partial charge >= 0.3 is 0 Å². The molecule has 4 rings (SSSR count). The monoisotopic (exact) mass is 323 g/mol. The van der Waals surface area contributed by atoms with Crippen molar-refractivity contribution in [2.75, 3.05) is 40.3 Å². The van der Waals surface area contributed by atoms with Gasteiger partial charge in [-0.15, -0.1) is 11.3 Å². The van der Waals surface area contributed by atoms with E-state index in [0.29, 0.717) is 19.0 Å². The Morgan fingerprint density at radius 1 is 1.50 bits per heavy atom. The van der Waals surface area contributed by atoms with Crippen molar-refractivity contribution in [3.8, 4) is 0 Å². The van der Waals surface area contributed by atoms with Gasteiger partial charge in [-0.3, -0.25) is 4.79 Å². The molecule has 22 heavy (non-hydrogen) atoms. The molecule has 3 aliphatic rings. The highest BCUT2D eigenvalue weighted by Crippen LogP contribution is 2.35. The first kappa shape index (κ1) is 15.9. The number of nitrogens with zero attached hydrogens (tertiary/aromatic N) is 2. The zero-order chi connectivity index (χ0) is 15.7. The standard InChI is InChI=1S/C16H25N3O2S/c1-18(2)9-12-5-8-22-14(12)15(20)17-10-16(21)11-19-6-3-13(16)4-7-19/h5,8,13,21H,3-4,6-7,9-11H2,1-2H3,(H,17,20). The van der Waals surface area contributed by atoms with Crippen LogP contribution in [-0.2, 0) is 6.54 Å². The van der Waals surface area contributed by atoms with Crippen molar-refractivity contribution >= 4 is 17.2 Å². The second-order valence-corrected chi connectivity index (χ2v) is 7.77. The highest BCUT2D eigenvalue weighted by molar-refractivity contribution is 7.12. The third-order valence-electron chi connectivity index (χ3n) is 4.84. The van der Waals surface area contributed by atoms with Gasteiger partial charge in [0.1, 0.15) is 0 Å². The highest BCUT2D eigenvalue weighted by Gasteiger charge is 2.45. The number of carbonyl (C=O) groups is 1. The van der Waals surface area contributed by atoms with E-state index in [1.807, 2.05) is 25.5 Å². The lowest BCUT2D eigenvalue weighted by Gasteiger charge is -2.50. The average molecular weight is 323 g/mol. The third-order valence-corrected chi connectivity index (χ3v) is 5.79. The first-order valence-electron chi connectivity index (χ1n) is 7.92. The molecule has 3 fully saturated rings. The Labute approximate surface area is 135 Å². The summed E-state index contributed by atoms with van der Waals surface area (Å²) < 4.78 is 0. The van der Waals surface area contributed by atoms with Crippen LogP contribution >= 0.6 is 11.3 Å². The molecule has 0 saturated carbocycles. The van der Waals surface area contributed by atoms with Crippen LogP contribution in [-0.4, -0.2) is 66.7 Å². The Morgan fingerprint density at radius 3 is 2.82 bits per heavy atom. The summed E-state index contributed by atoms with van der Waals surface area (Å²) in [6.45, 7) is 3.96. The molecular weight excluding hydrogens is 298 g/mol. The molecule has 1 aromatic heterocycles. The maximum atomic E-state index is 12.5. The maximum Gasteiger partial charge on any atom is 0.261 e. The second-order valence-electron chi connectivity index (χ2n) is 6.85. The lowest BCUT2D eigenvalue weighted by atomic mass is 9.75. The zero-order valence-electron chi connectivity index (χ0n) is 13.3. The van der Waals surface area contributed by atoms with Crippen molar-refractivity contribution in [1.82, 2.24) is 15.1 Å². The van der Waals surface area contributed by atoms with E-state index >= 15 is 0 Å². The van der Waals surface area contributed by atoms with Crippen LogP contribution in [0, 0.1) is 5.92 Å². The summed E-state index contributed by atoms with van der Waals surface area (Å²) in [6, 6.07) is 2.00. The maximum absolute atomic E-state index is 12.5. The topological polar surface area (TPSA) is 55.8 Å². The Balaban J connectivity index is 1.62. The molecule has 1 amide bonds. The Morgan fingerprint density at radius 2 is 2.23 bits per heavy atom. The summed E-state index contributed by atoms with van der Waals surface area (Å²) in [5, 5.41) is 15.8. The van der Waals surface area contributed by atoms with Gasteiger partial charge in [-0.25, -0.2) is 0 Å². The van der Waals surface area contributed by atoms with E-state index in [2.05, 4.69) is 15.1 Å². The Hall–Kier alpha value is -0.950.